The van der Waals surface area contributed by atoms with Gasteiger partial charge in [-0.05, 0) is 44.5 Å². The van der Waals surface area contributed by atoms with Gasteiger partial charge in [-0.25, -0.2) is 4.68 Å². The fraction of sp³-hybridized carbons (Fsp3) is 0.476. The van der Waals surface area contributed by atoms with Gasteiger partial charge in [0.05, 0.1) is 17.6 Å². The highest BCUT2D eigenvalue weighted by Gasteiger charge is 2.40. The summed E-state index contributed by atoms with van der Waals surface area (Å²) in [5.74, 6) is -0.876. The molecule has 5 rings (SSSR count). The lowest BCUT2D eigenvalue weighted by atomic mass is 10.0. The van der Waals surface area contributed by atoms with Gasteiger partial charge in [0.25, 0.3) is 5.91 Å². The van der Waals surface area contributed by atoms with E-state index in [2.05, 4.69) is 20.5 Å². The first-order valence-electron chi connectivity index (χ1n) is 10.5. The number of carbonyl (C=O) groups excluding carboxylic acids is 3. The second-order valence-corrected chi connectivity index (χ2v) is 8.19. The Morgan fingerprint density at radius 1 is 1.10 bits per heavy atom. The Morgan fingerprint density at radius 3 is 2.73 bits per heavy atom. The monoisotopic (exact) mass is 408 g/mol. The van der Waals surface area contributed by atoms with Crippen LogP contribution in [0.5, 0.6) is 0 Å². The van der Waals surface area contributed by atoms with Gasteiger partial charge in [-0.3, -0.25) is 24.6 Å². The number of imide groups is 1. The largest absolute Gasteiger partial charge is 0.322 e. The van der Waals surface area contributed by atoms with Crippen molar-refractivity contribution in [2.24, 2.45) is 0 Å². The fourth-order valence-corrected chi connectivity index (χ4v) is 4.62. The molecule has 0 radical (unpaired) electrons. The number of hydrogen-bond acceptors (Lipinski definition) is 6. The highest BCUT2D eigenvalue weighted by molar-refractivity contribution is 6.05. The minimum atomic E-state index is -0.624. The van der Waals surface area contributed by atoms with Crippen LogP contribution in [-0.4, -0.2) is 61.6 Å². The van der Waals surface area contributed by atoms with E-state index < -0.39 is 11.9 Å². The van der Waals surface area contributed by atoms with Gasteiger partial charge >= 0.3 is 0 Å². The summed E-state index contributed by atoms with van der Waals surface area (Å²) >= 11 is 0. The zero-order valence-corrected chi connectivity index (χ0v) is 16.7. The lowest BCUT2D eigenvalue weighted by Crippen LogP contribution is -2.52. The molecule has 2 saturated heterocycles. The molecule has 1 aromatic heterocycles. The van der Waals surface area contributed by atoms with E-state index in [0.29, 0.717) is 18.5 Å². The Morgan fingerprint density at radius 2 is 1.93 bits per heavy atom. The predicted octanol–water partition coefficient (Wildman–Crippen LogP) is 1.01. The summed E-state index contributed by atoms with van der Waals surface area (Å²) in [5, 5.41) is 11.0. The van der Waals surface area contributed by atoms with Gasteiger partial charge in [0.2, 0.25) is 11.8 Å². The number of fused-ring (bicyclic) bond motifs is 1. The fourth-order valence-electron chi connectivity index (χ4n) is 4.62. The molecule has 0 spiro atoms. The topological polar surface area (TPSA) is 100 Å². The summed E-state index contributed by atoms with van der Waals surface area (Å²) in [6.45, 7) is 3.26. The molecule has 3 aliphatic rings. The second-order valence-electron chi connectivity index (χ2n) is 8.19. The van der Waals surface area contributed by atoms with Crippen LogP contribution in [0.1, 0.15) is 53.7 Å². The molecule has 3 aliphatic heterocycles. The van der Waals surface area contributed by atoms with Crippen LogP contribution in [0.15, 0.2) is 24.4 Å². The third kappa shape index (κ3) is 3.39. The lowest BCUT2D eigenvalue weighted by molar-refractivity contribution is -0.136. The molecule has 156 valence electrons. The molecular weight excluding hydrogens is 384 g/mol. The Kier molecular flexibility index (Phi) is 4.82. The molecule has 2 aromatic rings. The third-order valence-electron chi connectivity index (χ3n) is 6.18. The highest BCUT2D eigenvalue weighted by atomic mass is 16.2. The second kappa shape index (κ2) is 7.64. The van der Waals surface area contributed by atoms with Crippen molar-refractivity contribution < 1.29 is 14.4 Å². The maximum absolute atomic E-state index is 13.0. The van der Waals surface area contributed by atoms with Gasteiger partial charge in [0.15, 0.2) is 0 Å². The molecule has 9 heteroatoms. The highest BCUT2D eigenvalue weighted by Crippen LogP contribution is 2.31. The van der Waals surface area contributed by atoms with Crippen molar-refractivity contribution in [3.05, 3.63) is 41.2 Å². The van der Waals surface area contributed by atoms with Crippen molar-refractivity contribution in [1.29, 1.82) is 0 Å². The molecule has 1 aromatic carbocycles. The van der Waals surface area contributed by atoms with Gasteiger partial charge in [-0.15, -0.1) is 5.10 Å². The summed E-state index contributed by atoms with van der Waals surface area (Å²) in [4.78, 5) is 40.7. The van der Waals surface area contributed by atoms with Crippen LogP contribution >= 0.6 is 0 Å². The molecule has 9 nitrogen and oxygen atoms in total. The van der Waals surface area contributed by atoms with E-state index in [-0.39, 0.29) is 18.2 Å². The van der Waals surface area contributed by atoms with Gasteiger partial charge in [0.1, 0.15) is 6.04 Å². The number of likely N-dealkylation sites (tertiary alicyclic amines) is 1. The quantitative estimate of drug-likeness (QED) is 0.758. The smallest absolute Gasteiger partial charge is 0.255 e. The summed E-state index contributed by atoms with van der Waals surface area (Å²) in [5.41, 5.74) is 3.11. The van der Waals surface area contributed by atoms with Crippen molar-refractivity contribution in [1.82, 2.24) is 30.1 Å². The number of hydrogen-bond donors (Lipinski definition) is 1. The zero-order valence-electron chi connectivity index (χ0n) is 16.7. The number of benzene rings is 1. The van der Waals surface area contributed by atoms with E-state index in [1.165, 1.54) is 19.3 Å². The number of carbonyl (C=O) groups is 3. The molecule has 3 amide bonds. The average molecular weight is 408 g/mol. The lowest BCUT2D eigenvalue weighted by Gasteiger charge is -2.29. The van der Waals surface area contributed by atoms with E-state index in [4.69, 9.17) is 0 Å². The van der Waals surface area contributed by atoms with Gasteiger partial charge < -0.3 is 4.90 Å². The summed E-state index contributed by atoms with van der Waals surface area (Å²) < 4.78 is 1.72. The molecule has 1 unspecified atom stereocenters. The molecule has 2 fully saturated rings. The maximum Gasteiger partial charge on any atom is 0.255 e. The number of aromatic nitrogens is 3. The van der Waals surface area contributed by atoms with E-state index in [1.807, 2.05) is 18.3 Å². The molecule has 1 atom stereocenters. The molecule has 0 bridgehead atoms. The average Bonchev–Trinajstić information content (AvgIpc) is 3.34. The van der Waals surface area contributed by atoms with Crippen molar-refractivity contribution >= 4 is 17.7 Å². The maximum atomic E-state index is 13.0. The molecule has 30 heavy (non-hydrogen) atoms. The first-order chi connectivity index (χ1) is 14.6. The Bertz CT molecular complexity index is 1010. The number of rotatable bonds is 4. The van der Waals surface area contributed by atoms with E-state index in [1.54, 1.807) is 15.6 Å². The van der Waals surface area contributed by atoms with Crippen molar-refractivity contribution in [3.63, 3.8) is 0 Å². The molecule has 0 saturated carbocycles. The molecule has 1 N–H and O–H groups in total. The number of nitrogens with zero attached hydrogens (tertiary/aromatic N) is 5. The van der Waals surface area contributed by atoms with Crippen LogP contribution in [0.3, 0.4) is 0 Å². The van der Waals surface area contributed by atoms with Crippen molar-refractivity contribution in [3.8, 4) is 5.69 Å². The zero-order chi connectivity index (χ0) is 20.7. The van der Waals surface area contributed by atoms with Gasteiger partial charge in [-0.1, -0.05) is 17.7 Å². The number of nitrogens with one attached hydrogen (secondary N) is 1. The summed E-state index contributed by atoms with van der Waals surface area (Å²) in [7, 11) is 0. The van der Waals surface area contributed by atoms with E-state index in [9.17, 15) is 14.4 Å². The molecular formula is C21H24N6O3. The van der Waals surface area contributed by atoms with Crippen LogP contribution in [-0.2, 0) is 22.7 Å². The minimum absolute atomic E-state index is 0.185. The van der Waals surface area contributed by atoms with E-state index >= 15 is 0 Å². The van der Waals surface area contributed by atoms with E-state index in [0.717, 1.165) is 36.6 Å². The number of amides is 3. The Labute approximate surface area is 174 Å². The minimum Gasteiger partial charge on any atom is -0.322 e. The summed E-state index contributed by atoms with van der Waals surface area (Å²) in [6, 6.07) is 4.89. The molecule has 4 heterocycles. The first-order valence-corrected chi connectivity index (χ1v) is 10.5. The summed E-state index contributed by atoms with van der Waals surface area (Å²) in [6.07, 6.45) is 6.24. The standard InChI is InChI=1S/C21H24N6O3/c28-19-8-7-18(20(29)22-19)26-13-16-15(21(26)30)5-4-6-17(16)27-12-14(23-24-27)11-25-9-2-1-3-10-25/h4-6,12,18H,1-3,7-11,13H2,(H,22,28,29). The van der Waals surface area contributed by atoms with Crippen LogP contribution in [0.25, 0.3) is 5.69 Å². The molecule has 0 aliphatic carbocycles. The third-order valence-corrected chi connectivity index (χ3v) is 6.18. The van der Waals surface area contributed by atoms with Crippen molar-refractivity contribution in [2.75, 3.05) is 13.1 Å². The Balaban J connectivity index is 1.38. The number of piperidine rings is 2. The Hall–Kier alpha value is -3.07. The first kappa shape index (κ1) is 18.9. The van der Waals surface area contributed by atoms with Crippen LogP contribution < -0.4 is 5.32 Å². The van der Waals surface area contributed by atoms with Crippen LogP contribution in [0, 0.1) is 0 Å². The van der Waals surface area contributed by atoms with Crippen molar-refractivity contribution in [2.45, 2.75) is 51.2 Å². The normalized spacial score (nSPS) is 22.3. The van der Waals surface area contributed by atoms with Gasteiger partial charge in [0, 0.05) is 30.6 Å². The van der Waals surface area contributed by atoms with Crippen LogP contribution in [0.4, 0.5) is 0 Å². The predicted molar refractivity (Wildman–Crippen MR) is 107 cm³/mol. The van der Waals surface area contributed by atoms with Gasteiger partial charge in [-0.2, -0.15) is 0 Å². The van der Waals surface area contributed by atoms with Crippen LogP contribution in [0.2, 0.25) is 0 Å². The SMILES string of the molecule is O=C1CCC(N2Cc3c(cccc3-n3cc(CN4CCCCC4)nn3)C2=O)C(=O)N1.